The van der Waals surface area contributed by atoms with E-state index in [9.17, 15) is 80.2 Å². The van der Waals surface area contributed by atoms with Crippen LogP contribution in [0.15, 0.2) is 124 Å². The molecule has 0 aromatic heterocycles. The van der Waals surface area contributed by atoms with Gasteiger partial charge in [0.2, 0.25) is 30.1 Å². The number of aliphatic hydroxyl groups excluding tert-OH is 1. The first-order chi connectivity index (χ1) is 44.4. The van der Waals surface area contributed by atoms with Gasteiger partial charge >= 0.3 is 7.82 Å². The summed E-state index contributed by atoms with van der Waals surface area (Å²) in [5.41, 5.74) is 0.000893. The summed E-state index contributed by atoms with van der Waals surface area (Å²) in [5, 5.41) is 16.4. The molecule has 39 heteroatoms. The number of carbonyl (C=O) groups excluding carboxylic acids is 3. The summed E-state index contributed by atoms with van der Waals surface area (Å²) < 4.78 is 213. The van der Waals surface area contributed by atoms with Gasteiger partial charge in [-0.15, -0.1) is 0 Å². The number of aliphatic hydroxyl groups is 1. The highest BCUT2D eigenvalue weighted by molar-refractivity contribution is 7.89. The van der Waals surface area contributed by atoms with Crippen LogP contribution in [0.2, 0.25) is 15.1 Å². The van der Waals surface area contributed by atoms with Crippen molar-refractivity contribution >= 4 is 115 Å². The van der Waals surface area contributed by atoms with Crippen molar-refractivity contribution in [3.05, 3.63) is 176 Å². The Labute approximate surface area is 554 Å². The highest BCUT2D eigenvalue weighted by Gasteiger charge is 2.37. The van der Waals surface area contributed by atoms with E-state index in [0.717, 1.165) is 91.8 Å². The third-order valence-electron chi connectivity index (χ3n) is 13.3. The molecule has 3 amide bonds. The molecule has 0 radical (unpaired) electrons. The first kappa shape index (κ1) is 76.4. The molecule has 6 aromatic carbocycles. The van der Waals surface area contributed by atoms with E-state index < -0.39 is 137 Å². The monoisotopic (exact) mass is 1490 g/mol. The second-order valence-electron chi connectivity index (χ2n) is 20.8. The van der Waals surface area contributed by atoms with Gasteiger partial charge < -0.3 is 49.6 Å². The van der Waals surface area contributed by atoms with Crippen molar-refractivity contribution in [1.82, 2.24) is 12.9 Å². The Morgan fingerprint density at radius 2 is 0.768 bits per heavy atom. The first-order valence-corrected chi connectivity index (χ1v) is 37.0. The minimum absolute atomic E-state index is 0.0306. The Morgan fingerprint density at radius 1 is 0.474 bits per heavy atom. The van der Waals surface area contributed by atoms with Crippen molar-refractivity contribution in [3.8, 4) is 0 Å². The van der Waals surface area contributed by atoms with Crippen LogP contribution in [0.1, 0.15) is 31.1 Å². The summed E-state index contributed by atoms with van der Waals surface area (Å²) in [6.45, 7) is 1.09. The van der Waals surface area contributed by atoms with Crippen molar-refractivity contribution in [1.29, 1.82) is 0 Å². The molecule has 3 heterocycles. The molecule has 3 atom stereocenters. The molecule has 6 aromatic rings. The lowest BCUT2D eigenvalue weighted by Gasteiger charge is -2.24. The Morgan fingerprint density at radius 3 is 1.07 bits per heavy atom. The van der Waals surface area contributed by atoms with E-state index in [4.69, 9.17) is 63.3 Å². The van der Waals surface area contributed by atoms with Crippen LogP contribution >= 0.6 is 50.0 Å². The number of amides is 3. The van der Waals surface area contributed by atoms with Gasteiger partial charge in [-0.3, -0.25) is 23.5 Å². The van der Waals surface area contributed by atoms with Gasteiger partial charge in [0.1, 0.15) is 61.8 Å². The number of halogens is 9. The molecule has 516 valence electrons. The SMILES string of the molecule is CP(C)(=O)OC1COCCN(S(=O)(=O)c2cc(C(=O)Nc3ccc(F)c(Cl)c3)ccc2F)C1.O=C(Nc1ccc(F)c(Cl)c1)c1ccc(F)c(S(=O)(=O)N2CCOCC(O)C2)c1.O=C(Nc1ccc(F)c(Cl)c1)c1ccc(F)c(S(=O)(=O)N2CCOCC(OP(=O)(O)O)C2)c1. The number of nitrogens with zero attached hydrogens (tertiary/aromatic N) is 3. The average Bonchev–Trinajstić information content (AvgIpc) is 1.57. The normalized spacial score (nSPS) is 18.1. The molecule has 0 aliphatic carbocycles. The zero-order valence-corrected chi connectivity index (χ0v) is 55.9. The number of benzene rings is 6. The molecule has 3 unspecified atom stereocenters. The zero-order chi connectivity index (χ0) is 70.0. The van der Waals surface area contributed by atoms with Crippen LogP contribution in [0.5, 0.6) is 0 Å². The van der Waals surface area contributed by atoms with Crippen molar-refractivity contribution < 1.29 is 113 Å². The number of hydrogen-bond acceptors (Lipinski definition) is 17. The summed E-state index contributed by atoms with van der Waals surface area (Å²) >= 11 is 17.0. The molecule has 9 rings (SSSR count). The fourth-order valence-electron chi connectivity index (χ4n) is 8.88. The average molecular weight is 1500 g/mol. The summed E-state index contributed by atoms with van der Waals surface area (Å²) in [5.74, 6) is -7.55. The van der Waals surface area contributed by atoms with E-state index in [1.54, 1.807) is 0 Å². The molecular weight excluding hydrogens is 1440 g/mol. The Bertz CT molecular complexity index is 4120. The first-order valence-electron chi connectivity index (χ1n) is 27.5. The van der Waals surface area contributed by atoms with Crippen molar-refractivity contribution in [2.75, 3.05) is 108 Å². The Hall–Kier alpha value is -5.95. The number of rotatable bonds is 16. The maximum Gasteiger partial charge on any atom is 0.469 e. The number of phosphoric ester groups is 1. The molecule has 0 saturated carbocycles. The number of ether oxygens (including phenoxy) is 3. The van der Waals surface area contributed by atoms with Gasteiger partial charge in [-0.05, 0) is 109 Å². The molecule has 95 heavy (non-hydrogen) atoms. The summed E-state index contributed by atoms with van der Waals surface area (Å²) in [6.07, 6.45) is -3.16. The lowest BCUT2D eigenvalue weighted by molar-refractivity contribution is 0.0519. The number of phosphoric acid groups is 1. The number of nitrogens with one attached hydrogen (secondary N) is 3. The van der Waals surface area contributed by atoms with Gasteiger partial charge in [-0.1, -0.05) is 34.8 Å². The van der Waals surface area contributed by atoms with Gasteiger partial charge in [-0.25, -0.2) is 56.2 Å². The van der Waals surface area contributed by atoms with Crippen molar-refractivity contribution in [2.24, 2.45) is 0 Å². The van der Waals surface area contributed by atoms with E-state index in [0.29, 0.717) is 0 Å². The van der Waals surface area contributed by atoms with Crippen LogP contribution in [0, 0.1) is 34.9 Å². The molecule has 0 spiro atoms. The summed E-state index contributed by atoms with van der Waals surface area (Å²) in [7, 11) is -21.1. The molecular formula is C56H57Cl3F6N6O19P2S3. The van der Waals surface area contributed by atoms with Gasteiger partial charge in [0, 0.05) is 86.4 Å². The van der Waals surface area contributed by atoms with Crippen molar-refractivity contribution in [3.63, 3.8) is 0 Å². The van der Waals surface area contributed by atoms with E-state index in [1.165, 1.54) is 43.7 Å². The highest BCUT2D eigenvalue weighted by atomic mass is 35.5. The molecule has 3 fully saturated rings. The smallest absolute Gasteiger partial charge is 0.389 e. The zero-order valence-electron chi connectivity index (χ0n) is 49.3. The third-order valence-corrected chi connectivity index (χ3v) is 21.1. The Kier molecular flexibility index (Phi) is 26.2. The fourth-order valence-corrected chi connectivity index (χ4v) is 15.4. The maximum atomic E-state index is 14.6. The second kappa shape index (κ2) is 32.6. The van der Waals surface area contributed by atoms with E-state index >= 15 is 0 Å². The topological polar surface area (TPSA) is 340 Å². The fraction of sp³-hybridized carbons (Fsp3) is 0.304. The van der Waals surface area contributed by atoms with Crippen LogP contribution in [-0.4, -0.2) is 181 Å². The Balaban J connectivity index is 0.000000202. The number of β-amino-alcohol motifs (C(OH)–C–C–N with tert-alkyl or cyclic N) is 1. The van der Waals surface area contributed by atoms with E-state index in [1.807, 2.05) is 0 Å². The molecule has 3 aliphatic rings. The van der Waals surface area contributed by atoms with Gasteiger partial charge in [-0.2, -0.15) is 12.9 Å². The van der Waals surface area contributed by atoms with Crippen LogP contribution in [-0.2, 0) is 62.5 Å². The van der Waals surface area contributed by atoms with Gasteiger partial charge in [0.05, 0.1) is 60.8 Å². The standard InChI is InChI=1S/C20H22ClF2N2O6PS.C18H18ClF2N2O8PS.C18H17ClF2N2O5S/c1-32(2,27)31-15-11-25(7-8-30-12-15)33(28,29)19-9-13(3-5-18(19)23)20(26)24-14-4-6-17(22)16(21)10-14;19-14-8-12(2-4-15(14)20)22-18(24)11-1-3-16(21)17(7-11)33(28,29)23-5-6-30-10-13(9-23)31-32(25,26)27;19-14-8-12(2-4-15(14)20)22-18(25)11-1-3-16(21)17(7-11)29(26,27)23-5-6-28-10-13(24)9-23/h3-6,9-10,15H,7-8,11-12H2,1-2H3,(H,24,26);1-4,7-8,13H,5-6,9-10H2,(H,22,24)(H2,25,26,27);1-4,7-8,13,24H,5-6,9-10H2,(H,22,25). The quantitative estimate of drug-likeness (QED) is 0.0391. The van der Waals surface area contributed by atoms with Crippen molar-refractivity contribution in [2.45, 2.75) is 33.0 Å². The number of carbonyl (C=O) groups is 3. The lowest BCUT2D eigenvalue weighted by Crippen LogP contribution is -2.39. The van der Waals surface area contributed by atoms with Crippen LogP contribution < -0.4 is 16.0 Å². The molecule has 3 aliphatic heterocycles. The summed E-state index contributed by atoms with van der Waals surface area (Å²) in [6, 6.07) is 18.9. The van der Waals surface area contributed by atoms with Crippen LogP contribution in [0.25, 0.3) is 0 Å². The summed E-state index contributed by atoms with van der Waals surface area (Å²) in [4.78, 5) is 53.3. The second-order valence-corrected chi connectivity index (χ2v) is 31.7. The predicted octanol–water partition coefficient (Wildman–Crippen LogP) is 8.44. The molecule has 3 saturated heterocycles. The van der Waals surface area contributed by atoms with Crippen LogP contribution in [0.4, 0.5) is 43.4 Å². The van der Waals surface area contributed by atoms with E-state index in [-0.39, 0.29) is 121 Å². The molecule has 0 bridgehead atoms. The minimum Gasteiger partial charge on any atom is -0.389 e. The predicted molar refractivity (Wildman–Crippen MR) is 333 cm³/mol. The number of hydrogen-bond donors (Lipinski definition) is 6. The third kappa shape index (κ3) is 21.3. The lowest BCUT2D eigenvalue weighted by atomic mass is 10.2. The largest absolute Gasteiger partial charge is 0.469 e. The molecule has 25 nitrogen and oxygen atoms in total. The maximum absolute atomic E-state index is 14.6. The van der Waals surface area contributed by atoms with Gasteiger partial charge in [0.15, 0.2) is 7.37 Å². The van der Waals surface area contributed by atoms with Gasteiger partial charge in [0.25, 0.3) is 17.7 Å². The minimum atomic E-state index is -4.94. The number of sulfonamides is 3. The van der Waals surface area contributed by atoms with Crippen LogP contribution in [0.3, 0.4) is 0 Å². The highest BCUT2D eigenvalue weighted by Crippen LogP contribution is 2.41. The van der Waals surface area contributed by atoms with E-state index in [2.05, 4.69) is 20.5 Å². The number of anilines is 3. The molecule has 6 N–H and O–H groups in total.